The van der Waals surface area contributed by atoms with Crippen LogP contribution in [0.2, 0.25) is 0 Å². The van der Waals surface area contributed by atoms with Gasteiger partial charge in [-0.15, -0.1) is 0 Å². The van der Waals surface area contributed by atoms with E-state index in [1.807, 2.05) is 61.5 Å². The first kappa shape index (κ1) is 24.2. The number of aromatic nitrogens is 3. The lowest BCUT2D eigenvalue weighted by Gasteiger charge is -2.21. The molecule has 0 spiro atoms. The zero-order valence-corrected chi connectivity index (χ0v) is 21.5. The largest absolute Gasteiger partial charge is 0.497 e. The zero-order chi connectivity index (χ0) is 24.2. The Labute approximate surface area is 210 Å². The van der Waals surface area contributed by atoms with Crippen LogP contribution in [0.25, 0.3) is 16.0 Å². The fourth-order valence-electron chi connectivity index (χ4n) is 3.52. The lowest BCUT2D eigenvalue weighted by molar-refractivity contribution is -0.128. The monoisotopic (exact) mass is 512 g/mol. The maximum absolute atomic E-state index is 13.1. The topological polar surface area (TPSA) is 69.4 Å². The summed E-state index contributed by atoms with van der Waals surface area (Å²) in [5, 5.41) is 0.464. The van der Waals surface area contributed by atoms with Gasteiger partial charge in [0.1, 0.15) is 10.4 Å². The Morgan fingerprint density at radius 1 is 1.21 bits per heavy atom. The van der Waals surface area contributed by atoms with Crippen LogP contribution >= 0.6 is 35.3 Å². The van der Waals surface area contributed by atoms with Crippen LogP contribution in [-0.2, 0) is 18.4 Å². The van der Waals surface area contributed by atoms with Gasteiger partial charge in [0, 0.05) is 26.2 Å². The highest BCUT2D eigenvalue weighted by molar-refractivity contribution is 7.99. The van der Waals surface area contributed by atoms with E-state index in [1.54, 1.807) is 23.6 Å². The Kier molecular flexibility index (Phi) is 7.50. The van der Waals surface area contributed by atoms with Gasteiger partial charge in [0.05, 0.1) is 18.6 Å². The van der Waals surface area contributed by atoms with E-state index in [-0.39, 0.29) is 17.2 Å². The SMILES string of the molecule is CCN(Cc1ccccc1)C(=O)CSc1nc2c(sc(=S)n2-c2cccc(OC)c2)c(=O)n1C. The summed E-state index contributed by atoms with van der Waals surface area (Å²) in [6, 6.07) is 17.3. The van der Waals surface area contributed by atoms with Crippen molar-refractivity contribution in [1.82, 2.24) is 19.0 Å². The van der Waals surface area contributed by atoms with Gasteiger partial charge >= 0.3 is 0 Å². The number of carbonyl (C=O) groups excluding carboxylic acids is 1. The van der Waals surface area contributed by atoms with Crippen LogP contribution < -0.4 is 10.3 Å². The Balaban J connectivity index is 1.64. The van der Waals surface area contributed by atoms with Crippen molar-refractivity contribution in [1.29, 1.82) is 0 Å². The number of hydrogen-bond acceptors (Lipinski definition) is 7. The van der Waals surface area contributed by atoms with Crippen LogP contribution in [0, 0.1) is 3.95 Å². The van der Waals surface area contributed by atoms with E-state index in [9.17, 15) is 9.59 Å². The van der Waals surface area contributed by atoms with Crippen molar-refractivity contribution >= 4 is 51.6 Å². The predicted octanol–water partition coefficient (Wildman–Crippen LogP) is 4.66. The minimum Gasteiger partial charge on any atom is -0.497 e. The number of carbonyl (C=O) groups is 1. The van der Waals surface area contributed by atoms with Crippen molar-refractivity contribution in [2.45, 2.75) is 18.6 Å². The maximum atomic E-state index is 13.1. The number of thioether (sulfide) groups is 1. The molecule has 0 aliphatic rings. The molecule has 176 valence electrons. The third-order valence-corrected chi connectivity index (χ3v) is 7.73. The standard InChI is InChI=1S/C24H24N4O3S3/c1-4-27(14-16-9-6-5-7-10-16)19(29)15-33-23-25-21-20(22(30)26(23)2)34-24(32)28(21)17-11-8-12-18(13-17)31-3/h5-13H,4,14-15H2,1-3H3. The number of methoxy groups -OCH3 is 1. The van der Waals surface area contributed by atoms with Crippen LogP contribution in [0.3, 0.4) is 0 Å². The third kappa shape index (κ3) is 4.94. The van der Waals surface area contributed by atoms with Gasteiger partial charge in [-0.2, -0.15) is 0 Å². The summed E-state index contributed by atoms with van der Waals surface area (Å²) in [4.78, 5) is 32.6. The quantitative estimate of drug-likeness (QED) is 0.194. The Morgan fingerprint density at radius 2 is 1.97 bits per heavy atom. The number of amides is 1. The van der Waals surface area contributed by atoms with Gasteiger partial charge in [0.25, 0.3) is 5.56 Å². The average Bonchev–Trinajstić information content (AvgIpc) is 3.20. The Morgan fingerprint density at radius 3 is 2.68 bits per heavy atom. The fourth-order valence-corrected chi connectivity index (χ4v) is 5.73. The normalized spacial score (nSPS) is 11.0. The van der Waals surface area contributed by atoms with Gasteiger partial charge in [0.15, 0.2) is 14.8 Å². The van der Waals surface area contributed by atoms with Crippen molar-refractivity contribution in [3.8, 4) is 11.4 Å². The lowest BCUT2D eigenvalue weighted by Crippen LogP contribution is -2.32. The first-order valence-electron chi connectivity index (χ1n) is 10.6. The molecular weight excluding hydrogens is 488 g/mol. The second-order valence-corrected chi connectivity index (χ2v) is 10.1. The summed E-state index contributed by atoms with van der Waals surface area (Å²) < 4.78 is 9.59. The summed E-state index contributed by atoms with van der Waals surface area (Å²) in [7, 11) is 3.27. The van der Waals surface area contributed by atoms with Gasteiger partial charge in [0.2, 0.25) is 5.91 Å². The molecule has 1 amide bonds. The molecule has 0 saturated carbocycles. The summed E-state index contributed by atoms with van der Waals surface area (Å²) in [6.07, 6.45) is 0. The van der Waals surface area contributed by atoms with E-state index in [0.29, 0.717) is 38.3 Å². The maximum Gasteiger partial charge on any atom is 0.273 e. The minimum absolute atomic E-state index is 0.0133. The molecule has 0 aliphatic heterocycles. The van der Waals surface area contributed by atoms with Crippen LogP contribution in [0.4, 0.5) is 0 Å². The van der Waals surface area contributed by atoms with Gasteiger partial charge in [-0.25, -0.2) is 4.98 Å². The molecule has 0 N–H and O–H groups in total. The molecule has 7 nitrogen and oxygen atoms in total. The molecule has 4 rings (SSSR count). The van der Waals surface area contributed by atoms with E-state index in [2.05, 4.69) is 0 Å². The van der Waals surface area contributed by atoms with Crippen molar-refractivity contribution in [3.05, 3.63) is 74.5 Å². The minimum atomic E-state index is -0.186. The van der Waals surface area contributed by atoms with E-state index >= 15 is 0 Å². The first-order valence-corrected chi connectivity index (χ1v) is 12.9. The molecular formula is C24H24N4O3S3. The number of benzene rings is 2. The predicted molar refractivity (Wildman–Crippen MR) is 140 cm³/mol. The molecule has 2 aromatic carbocycles. The van der Waals surface area contributed by atoms with E-state index in [0.717, 1.165) is 11.3 Å². The molecule has 0 unspecified atom stereocenters. The van der Waals surface area contributed by atoms with Crippen molar-refractivity contribution in [2.24, 2.45) is 7.05 Å². The molecule has 34 heavy (non-hydrogen) atoms. The molecule has 0 saturated heterocycles. The number of ether oxygens (including phenoxy) is 1. The average molecular weight is 513 g/mol. The summed E-state index contributed by atoms with van der Waals surface area (Å²) in [5.74, 6) is 0.845. The van der Waals surface area contributed by atoms with Crippen LogP contribution in [-0.4, -0.2) is 44.3 Å². The van der Waals surface area contributed by atoms with Crippen LogP contribution in [0.1, 0.15) is 12.5 Å². The molecule has 0 fully saturated rings. The second kappa shape index (κ2) is 10.5. The van der Waals surface area contributed by atoms with Gasteiger partial charge < -0.3 is 9.64 Å². The second-order valence-electron chi connectivity index (χ2n) is 7.50. The highest BCUT2D eigenvalue weighted by Crippen LogP contribution is 2.27. The summed E-state index contributed by atoms with van der Waals surface area (Å²) in [6.45, 7) is 3.10. The molecule has 0 radical (unpaired) electrons. The molecule has 2 aromatic heterocycles. The number of fused-ring (bicyclic) bond motifs is 1. The van der Waals surface area contributed by atoms with Crippen LogP contribution in [0.5, 0.6) is 5.75 Å². The molecule has 4 aromatic rings. The Bertz CT molecular complexity index is 1440. The molecule has 0 bridgehead atoms. The molecule has 0 aliphatic carbocycles. The smallest absolute Gasteiger partial charge is 0.273 e. The number of thiazole rings is 1. The van der Waals surface area contributed by atoms with Crippen LogP contribution in [0.15, 0.2) is 64.5 Å². The zero-order valence-electron chi connectivity index (χ0n) is 19.1. The number of nitrogens with zero attached hydrogens (tertiary/aromatic N) is 4. The van der Waals surface area contributed by atoms with E-state index in [1.165, 1.54) is 27.7 Å². The van der Waals surface area contributed by atoms with Crippen molar-refractivity contribution in [2.75, 3.05) is 19.4 Å². The summed E-state index contributed by atoms with van der Waals surface area (Å²) in [5.41, 5.74) is 2.14. The molecule has 2 heterocycles. The highest BCUT2D eigenvalue weighted by Gasteiger charge is 2.19. The van der Waals surface area contributed by atoms with E-state index in [4.69, 9.17) is 21.9 Å². The van der Waals surface area contributed by atoms with Gasteiger partial charge in [-0.3, -0.25) is 18.7 Å². The Hall–Kier alpha value is -2.95. The van der Waals surface area contributed by atoms with Gasteiger partial charge in [-0.05, 0) is 36.8 Å². The molecule has 10 heteroatoms. The number of hydrogen-bond donors (Lipinski definition) is 0. The van der Waals surface area contributed by atoms with E-state index < -0.39 is 0 Å². The highest BCUT2D eigenvalue weighted by atomic mass is 32.2. The molecule has 0 atom stereocenters. The number of rotatable bonds is 8. The first-order chi connectivity index (χ1) is 16.4. The third-order valence-electron chi connectivity index (χ3n) is 5.36. The fraction of sp³-hybridized carbons (Fsp3) is 0.250. The van der Waals surface area contributed by atoms with Gasteiger partial charge in [-0.1, -0.05) is 59.5 Å². The lowest BCUT2D eigenvalue weighted by atomic mass is 10.2. The van der Waals surface area contributed by atoms with Crippen molar-refractivity contribution in [3.63, 3.8) is 0 Å². The van der Waals surface area contributed by atoms with Crippen molar-refractivity contribution < 1.29 is 9.53 Å². The summed E-state index contributed by atoms with van der Waals surface area (Å²) >= 11 is 8.04.